The van der Waals surface area contributed by atoms with E-state index in [1.807, 2.05) is 6.26 Å². The van der Waals surface area contributed by atoms with Crippen LogP contribution in [0.15, 0.2) is 24.0 Å². The van der Waals surface area contributed by atoms with Gasteiger partial charge in [0.1, 0.15) is 0 Å². The fourth-order valence-electron chi connectivity index (χ4n) is 2.64. The molecule has 0 saturated carbocycles. The lowest BCUT2D eigenvalue weighted by molar-refractivity contribution is 0.166. The van der Waals surface area contributed by atoms with E-state index in [4.69, 9.17) is 4.74 Å². The van der Waals surface area contributed by atoms with Crippen LogP contribution in [0.25, 0.3) is 0 Å². The maximum absolute atomic E-state index is 5.35. The van der Waals surface area contributed by atoms with Crippen LogP contribution in [0.5, 0.6) is 0 Å². The molecular formula is C13H20O. The number of ether oxygens (including phenoxy) is 1. The molecule has 0 radical (unpaired) electrons. The molecule has 1 atom stereocenters. The molecule has 0 aromatic carbocycles. The summed E-state index contributed by atoms with van der Waals surface area (Å²) in [6.45, 7) is 5.51. The summed E-state index contributed by atoms with van der Waals surface area (Å²) >= 11 is 0. The second-order valence-corrected chi connectivity index (χ2v) is 4.59. The Bertz CT molecular complexity index is 258. The smallest absolute Gasteiger partial charge is 0.0941 e. The normalized spacial score (nSPS) is 29.0. The summed E-state index contributed by atoms with van der Waals surface area (Å²) in [5.74, 6) is 0.672. The number of hydrogen-bond donors (Lipinski definition) is 0. The summed E-state index contributed by atoms with van der Waals surface area (Å²) in [4.78, 5) is 0. The van der Waals surface area contributed by atoms with Crippen LogP contribution in [0.4, 0.5) is 0 Å². The maximum Gasteiger partial charge on any atom is 0.0941 e. The van der Waals surface area contributed by atoms with Gasteiger partial charge >= 0.3 is 0 Å². The highest BCUT2D eigenvalue weighted by Gasteiger charge is 2.32. The van der Waals surface area contributed by atoms with Crippen molar-refractivity contribution in [3.05, 3.63) is 24.0 Å². The molecule has 2 aliphatic rings. The Morgan fingerprint density at radius 1 is 1.43 bits per heavy atom. The Balaban J connectivity index is 2.26. The zero-order chi connectivity index (χ0) is 10.0. The summed E-state index contributed by atoms with van der Waals surface area (Å²) in [6.07, 6.45) is 11.7. The number of rotatable bonds is 2. The van der Waals surface area contributed by atoms with Crippen LogP contribution in [0.1, 0.15) is 39.5 Å². The van der Waals surface area contributed by atoms with Crippen LogP contribution >= 0.6 is 0 Å². The third kappa shape index (κ3) is 1.60. The van der Waals surface area contributed by atoms with Crippen molar-refractivity contribution in [1.29, 1.82) is 0 Å². The van der Waals surface area contributed by atoms with Crippen molar-refractivity contribution in [3.63, 3.8) is 0 Å². The Hall–Kier alpha value is -0.720. The molecule has 1 unspecified atom stereocenters. The lowest BCUT2D eigenvalue weighted by atomic mass is 9.69. The molecule has 0 spiro atoms. The molecule has 1 heterocycles. The van der Waals surface area contributed by atoms with E-state index in [-0.39, 0.29) is 0 Å². The van der Waals surface area contributed by atoms with Gasteiger partial charge in [0, 0.05) is 5.92 Å². The van der Waals surface area contributed by atoms with Crippen LogP contribution in [0, 0.1) is 11.3 Å². The largest absolute Gasteiger partial charge is 0.501 e. The van der Waals surface area contributed by atoms with Gasteiger partial charge in [0.2, 0.25) is 0 Å². The minimum absolute atomic E-state index is 0.480. The quantitative estimate of drug-likeness (QED) is 0.648. The van der Waals surface area contributed by atoms with E-state index in [1.165, 1.54) is 31.3 Å². The Labute approximate surface area is 86.8 Å². The summed E-state index contributed by atoms with van der Waals surface area (Å²) in [5, 5.41) is 0. The van der Waals surface area contributed by atoms with Crippen molar-refractivity contribution in [2.24, 2.45) is 11.3 Å². The SMILES string of the molecule is CCC1(CC)C=C2C=COCC2CC1. The van der Waals surface area contributed by atoms with E-state index in [2.05, 4.69) is 26.0 Å². The van der Waals surface area contributed by atoms with E-state index < -0.39 is 0 Å². The third-order valence-corrected chi connectivity index (χ3v) is 4.00. The van der Waals surface area contributed by atoms with Crippen molar-refractivity contribution in [2.45, 2.75) is 39.5 Å². The molecule has 0 fully saturated rings. The maximum atomic E-state index is 5.35. The van der Waals surface area contributed by atoms with Crippen LogP contribution < -0.4 is 0 Å². The van der Waals surface area contributed by atoms with E-state index in [0.717, 1.165) is 6.61 Å². The molecule has 1 aliphatic heterocycles. The van der Waals surface area contributed by atoms with Gasteiger partial charge in [0.15, 0.2) is 0 Å². The second-order valence-electron chi connectivity index (χ2n) is 4.59. The Morgan fingerprint density at radius 2 is 2.21 bits per heavy atom. The van der Waals surface area contributed by atoms with E-state index in [9.17, 15) is 0 Å². The summed E-state index contributed by atoms with van der Waals surface area (Å²) in [7, 11) is 0. The van der Waals surface area contributed by atoms with Crippen molar-refractivity contribution in [2.75, 3.05) is 6.61 Å². The summed E-state index contributed by atoms with van der Waals surface area (Å²) < 4.78 is 5.35. The van der Waals surface area contributed by atoms with Gasteiger partial charge in [-0.2, -0.15) is 0 Å². The summed E-state index contributed by atoms with van der Waals surface area (Å²) in [5.41, 5.74) is 2.00. The van der Waals surface area contributed by atoms with Crippen molar-refractivity contribution >= 4 is 0 Å². The monoisotopic (exact) mass is 192 g/mol. The van der Waals surface area contributed by atoms with Gasteiger partial charge in [-0.1, -0.05) is 19.9 Å². The van der Waals surface area contributed by atoms with Gasteiger partial charge in [0.25, 0.3) is 0 Å². The molecule has 1 nitrogen and oxygen atoms in total. The zero-order valence-corrected chi connectivity index (χ0v) is 9.25. The first-order valence-corrected chi connectivity index (χ1v) is 5.80. The van der Waals surface area contributed by atoms with Gasteiger partial charge in [-0.05, 0) is 42.7 Å². The predicted molar refractivity (Wildman–Crippen MR) is 58.9 cm³/mol. The molecule has 14 heavy (non-hydrogen) atoms. The molecule has 0 aromatic heterocycles. The van der Waals surface area contributed by atoms with Crippen LogP contribution in [-0.4, -0.2) is 6.61 Å². The molecule has 0 N–H and O–H groups in total. The molecule has 1 heteroatoms. The highest BCUT2D eigenvalue weighted by molar-refractivity contribution is 5.28. The van der Waals surface area contributed by atoms with Crippen LogP contribution in [0.3, 0.4) is 0 Å². The van der Waals surface area contributed by atoms with Gasteiger partial charge in [-0.15, -0.1) is 0 Å². The Kier molecular flexibility index (Phi) is 2.66. The minimum atomic E-state index is 0.480. The van der Waals surface area contributed by atoms with Gasteiger partial charge in [0.05, 0.1) is 12.9 Å². The van der Waals surface area contributed by atoms with E-state index in [1.54, 1.807) is 0 Å². The molecule has 78 valence electrons. The molecule has 1 aliphatic carbocycles. The molecular weight excluding hydrogens is 172 g/mol. The van der Waals surface area contributed by atoms with Crippen molar-refractivity contribution in [3.8, 4) is 0 Å². The average molecular weight is 192 g/mol. The lowest BCUT2D eigenvalue weighted by Gasteiger charge is -2.37. The lowest BCUT2D eigenvalue weighted by Crippen LogP contribution is -2.27. The third-order valence-electron chi connectivity index (χ3n) is 4.00. The molecule has 0 amide bonds. The number of hydrogen-bond acceptors (Lipinski definition) is 1. The first-order valence-electron chi connectivity index (χ1n) is 5.80. The average Bonchev–Trinajstić information content (AvgIpc) is 2.28. The van der Waals surface area contributed by atoms with Crippen LogP contribution in [-0.2, 0) is 4.74 Å². The van der Waals surface area contributed by atoms with Gasteiger partial charge in [-0.3, -0.25) is 0 Å². The topological polar surface area (TPSA) is 9.23 Å². The minimum Gasteiger partial charge on any atom is -0.501 e. The van der Waals surface area contributed by atoms with E-state index >= 15 is 0 Å². The standard InChI is InChI=1S/C13H20O/c1-3-13(4-2)7-5-12-10-14-8-6-11(12)9-13/h6,8-9,12H,3-5,7,10H2,1-2H3. The van der Waals surface area contributed by atoms with Crippen LogP contribution in [0.2, 0.25) is 0 Å². The number of allylic oxidation sites excluding steroid dienone is 2. The fourth-order valence-corrected chi connectivity index (χ4v) is 2.64. The molecule has 2 rings (SSSR count). The molecule has 0 saturated heterocycles. The highest BCUT2D eigenvalue weighted by atomic mass is 16.5. The first-order chi connectivity index (χ1) is 6.79. The van der Waals surface area contributed by atoms with Gasteiger partial charge in [-0.25, -0.2) is 0 Å². The van der Waals surface area contributed by atoms with Crippen molar-refractivity contribution < 1.29 is 4.74 Å². The summed E-state index contributed by atoms with van der Waals surface area (Å²) in [6, 6.07) is 0. The fraction of sp³-hybridized carbons (Fsp3) is 0.692. The molecule has 0 aromatic rings. The second kappa shape index (κ2) is 3.80. The van der Waals surface area contributed by atoms with E-state index in [0.29, 0.717) is 11.3 Å². The predicted octanol–water partition coefficient (Wildman–Crippen LogP) is 3.67. The van der Waals surface area contributed by atoms with Gasteiger partial charge < -0.3 is 4.74 Å². The highest BCUT2D eigenvalue weighted by Crippen LogP contribution is 2.43. The molecule has 0 bridgehead atoms. The van der Waals surface area contributed by atoms with Crippen molar-refractivity contribution in [1.82, 2.24) is 0 Å². The Morgan fingerprint density at radius 3 is 2.93 bits per heavy atom. The number of fused-ring (bicyclic) bond motifs is 1. The first kappa shape index (κ1) is 9.82. The zero-order valence-electron chi connectivity index (χ0n) is 9.25.